The molecule has 0 saturated carbocycles. The Hall–Kier alpha value is -0.940. The van der Waals surface area contributed by atoms with Crippen LogP contribution in [0, 0.1) is 5.41 Å². The van der Waals surface area contributed by atoms with E-state index < -0.39 is 0 Å². The van der Waals surface area contributed by atoms with Crippen LogP contribution in [0.3, 0.4) is 0 Å². The summed E-state index contributed by atoms with van der Waals surface area (Å²) >= 11 is 3.42. The number of hydrogen-bond donors (Lipinski definition) is 2. The number of nitrogens with zero attached hydrogens (tertiary/aromatic N) is 1. The summed E-state index contributed by atoms with van der Waals surface area (Å²) in [4.78, 5) is 16.7. The maximum atomic E-state index is 12.7. The van der Waals surface area contributed by atoms with Gasteiger partial charge in [0.15, 0.2) is 0 Å². The first kappa shape index (κ1) is 14.5. The van der Waals surface area contributed by atoms with Crippen molar-refractivity contribution in [2.75, 3.05) is 18.4 Å². The predicted octanol–water partition coefficient (Wildman–Crippen LogP) is 2.95. The van der Waals surface area contributed by atoms with Crippen LogP contribution in [0.15, 0.2) is 22.9 Å². The zero-order chi connectivity index (χ0) is 13.7. The third kappa shape index (κ3) is 3.34. The van der Waals surface area contributed by atoms with Crippen LogP contribution in [0.4, 0.5) is 5.69 Å². The molecule has 0 unspecified atom stereocenters. The molecule has 1 amide bonds. The Balaban J connectivity index is 2.14. The number of carbonyl (C=O) groups excluding carboxylic acids is 1. The van der Waals surface area contributed by atoms with Gasteiger partial charge in [0.2, 0.25) is 5.91 Å². The maximum absolute atomic E-state index is 12.7. The van der Waals surface area contributed by atoms with Gasteiger partial charge >= 0.3 is 0 Å². The summed E-state index contributed by atoms with van der Waals surface area (Å²) in [6.45, 7) is 3.98. The first-order chi connectivity index (χ1) is 9.18. The lowest BCUT2D eigenvalue weighted by Crippen LogP contribution is -2.44. The summed E-state index contributed by atoms with van der Waals surface area (Å²) < 4.78 is 0.823. The highest BCUT2D eigenvalue weighted by molar-refractivity contribution is 9.10. The maximum Gasteiger partial charge on any atom is 0.230 e. The molecule has 19 heavy (non-hydrogen) atoms. The van der Waals surface area contributed by atoms with Gasteiger partial charge in [0.05, 0.1) is 15.6 Å². The number of aromatic nitrogens is 1. The lowest BCUT2D eigenvalue weighted by atomic mass is 9.74. The second-order valence-electron chi connectivity index (χ2n) is 5.09. The molecule has 2 heterocycles. The number of amides is 1. The average molecular weight is 326 g/mol. The van der Waals surface area contributed by atoms with E-state index in [2.05, 4.69) is 38.5 Å². The molecular weight excluding hydrogens is 306 g/mol. The monoisotopic (exact) mass is 325 g/mol. The molecule has 104 valence electrons. The number of nitrogens with one attached hydrogen (secondary N) is 2. The van der Waals surface area contributed by atoms with E-state index in [1.807, 2.05) is 6.07 Å². The molecule has 0 bridgehead atoms. The average Bonchev–Trinajstić information content (AvgIpc) is 2.42. The molecule has 0 aliphatic carbocycles. The van der Waals surface area contributed by atoms with E-state index in [1.165, 1.54) is 0 Å². The molecule has 0 radical (unpaired) electrons. The second-order valence-corrected chi connectivity index (χ2v) is 5.94. The molecule has 1 aliphatic rings. The second kappa shape index (κ2) is 6.48. The van der Waals surface area contributed by atoms with E-state index >= 15 is 0 Å². The lowest BCUT2D eigenvalue weighted by molar-refractivity contribution is -0.127. The van der Waals surface area contributed by atoms with Crippen molar-refractivity contribution in [2.45, 2.75) is 32.6 Å². The van der Waals surface area contributed by atoms with Gasteiger partial charge < -0.3 is 10.6 Å². The number of carbonyl (C=O) groups is 1. The van der Waals surface area contributed by atoms with E-state index in [1.54, 1.807) is 12.4 Å². The zero-order valence-electron chi connectivity index (χ0n) is 11.2. The Morgan fingerprint density at radius 3 is 2.89 bits per heavy atom. The Morgan fingerprint density at radius 2 is 2.26 bits per heavy atom. The number of hydrogen-bond acceptors (Lipinski definition) is 3. The Morgan fingerprint density at radius 1 is 1.53 bits per heavy atom. The molecule has 1 fully saturated rings. The normalized spacial score (nSPS) is 18.0. The van der Waals surface area contributed by atoms with Gasteiger partial charge in [-0.15, -0.1) is 0 Å². The van der Waals surface area contributed by atoms with Crippen molar-refractivity contribution in [1.29, 1.82) is 0 Å². The van der Waals surface area contributed by atoms with Gasteiger partial charge in [0.1, 0.15) is 0 Å². The number of rotatable bonds is 4. The summed E-state index contributed by atoms with van der Waals surface area (Å²) in [6, 6.07) is 1.82. The Bertz CT molecular complexity index is 439. The molecule has 0 aromatic carbocycles. The quantitative estimate of drug-likeness (QED) is 0.894. The van der Waals surface area contributed by atoms with Crippen molar-refractivity contribution < 1.29 is 4.79 Å². The molecule has 1 aliphatic heterocycles. The first-order valence-corrected chi connectivity index (χ1v) is 7.59. The Kier molecular flexibility index (Phi) is 4.93. The number of pyridine rings is 1. The number of anilines is 1. The van der Waals surface area contributed by atoms with Gasteiger partial charge in [-0.2, -0.15) is 0 Å². The highest BCUT2D eigenvalue weighted by atomic mass is 79.9. The third-order valence-corrected chi connectivity index (χ3v) is 4.42. The van der Waals surface area contributed by atoms with Gasteiger partial charge in [-0.3, -0.25) is 9.78 Å². The minimum atomic E-state index is -0.220. The van der Waals surface area contributed by atoms with Gasteiger partial charge in [0, 0.05) is 12.4 Å². The molecule has 2 N–H and O–H groups in total. The van der Waals surface area contributed by atoms with E-state index in [-0.39, 0.29) is 11.3 Å². The van der Waals surface area contributed by atoms with Crippen molar-refractivity contribution in [3.05, 3.63) is 22.9 Å². The van der Waals surface area contributed by atoms with E-state index in [0.717, 1.165) is 48.9 Å². The van der Waals surface area contributed by atoms with Crippen LogP contribution in [-0.4, -0.2) is 24.0 Å². The molecule has 1 aromatic heterocycles. The molecule has 4 nitrogen and oxygen atoms in total. The highest BCUT2D eigenvalue weighted by Gasteiger charge is 2.38. The topological polar surface area (TPSA) is 54.0 Å². The van der Waals surface area contributed by atoms with E-state index in [0.29, 0.717) is 0 Å². The van der Waals surface area contributed by atoms with Gasteiger partial charge in [-0.05, 0) is 54.3 Å². The van der Waals surface area contributed by atoms with Gasteiger partial charge in [-0.1, -0.05) is 13.3 Å². The van der Waals surface area contributed by atoms with Crippen LogP contribution in [0.2, 0.25) is 0 Å². The molecule has 1 aromatic rings. The summed E-state index contributed by atoms with van der Waals surface area (Å²) in [6.07, 6.45) is 7.19. The lowest BCUT2D eigenvalue weighted by Gasteiger charge is -2.36. The standard InChI is InChI=1S/C14H20BrN3O/c1-2-4-14(5-8-16-9-6-14)13(19)18-12-3-7-17-10-11(12)15/h3,7,10,16H,2,4-6,8-9H2,1H3,(H,17,18,19). The largest absolute Gasteiger partial charge is 0.324 e. The molecule has 0 atom stereocenters. The fraction of sp³-hybridized carbons (Fsp3) is 0.571. The molecule has 5 heteroatoms. The van der Waals surface area contributed by atoms with Crippen molar-refractivity contribution in [3.8, 4) is 0 Å². The number of piperidine rings is 1. The predicted molar refractivity (Wildman–Crippen MR) is 80.0 cm³/mol. The van der Waals surface area contributed by atoms with Crippen molar-refractivity contribution in [3.63, 3.8) is 0 Å². The van der Waals surface area contributed by atoms with Crippen LogP contribution in [0.1, 0.15) is 32.6 Å². The van der Waals surface area contributed by atoms with Crippen LogP contribution in [0.5, 0.6) is 0 Å². The van der Waals surface area contributed by atoms with Gasteiger partial charge in [-0.25, -0.2) is 0 Å². The van der Waals surface area contributed by atoms with Crippen molar-refractivity contribution in [2.24, 2.45) is 5.41 Å². The minimum absolute atomic E-state index is 0.141. The summed E-state index contributed by atoms with van der Waals surface area (Å²) in [7, 11) is 0. The third-order valence-electron chi connectivity index (χ3n) is 3.79. The zero-order valence-corrected chi connectivity index (χ0v) is 12.8. The molecular formula is C14H20BrN3O. The Labute approximate surface area is 122 Å². The summed E-state index contributed by atoms with van der Waals surface area (Å²) in [5.41, 5.74) is 0.580. The smallest absolute Gasteiger partial charge is 0.230 e. The van der Waals surface area contributed by atoms with Crippen LogP contribution in [-0.2, 0) is 4.79 Å². The summed E-state index contributed by atoms with van der Waals surface area (Å²) in [5, 5.41) is 6.38. The summed E-state index contributed by atoms with van der Waals surface area (Å²) in [5.74, 6) is 0.141. The van der Waals surface area contributed by atoms with Crippen molar-refractivity contribution in [1.82, 2.24) is 10.3 Å². The van der Waals surface area contributed by atoms with Crippen LogP contribution in [0.25, 0.3) is 0 Å². The van der Waals surface area contributed by atoms with Gasteiger partial charge in [0.25, 0.3) is 0 Å². The van der Waals surface area contributed by atoms with E-state index in [9.17, 15) is 4.79 Å². The fourth-order valence-electron chi connectivity index (χ4n) is 2.71. The first-order valence-electron chi connectivity index (χ1n) is 6.80. The SMILES string of the molecule is CCCC1(C(=O)Nc2ccncc2Br)CCNCC1. The fourth-order valence-corrected chi connectivity index (χ4v) is 3.06. The van der Waals surface area contributed by atoms with E-state index in [4.69, 9.17) is 0 Å². The number of halogens is 1. The minimum Gasteiger partial charge on any atom is -0.324 e. The molecule has 0 spiro atoms. The molecule has 2 rings (SSSR count). The van der Waals surface area contributed by atoms with Crippen LogP contribution < -0.4 is 10.6 Å². The van der Waals surface area contributed by atoms with Crippen LogP contribution >= 0.6 is 15.9 Å². The molecule has 1 saturated heterocycles. The van der Waals surface area contributed by atoms with Crippen molar-refractivity contribution >= 4 is 27.5 Å². The highest BCUT2D eigenvalue weighted by Crippen LogP contribution is 2.36.